The molecule has 0 aromatic heterocycles. The molecule has 0 atom stereocenters. The van der Waals surface area contributed by atoms with Gasteiger partial charge < -0.3 is 11.1 Å². The number of nitrogens with one attached hydrogen (secondary N) is 1. The van der Waals surface area contributed by atoms with Crippen LogP contribution in [0.4, 0.5) is 0 Å². The summed E-state index contributed by atoms with van der Waals surface area (Å²) in [7, 11) is 0. The van der Waals surface area contributed by atoms with E-state index in [1.807, 2.05) is 42.5 Å². The first kappa shape index (κ1) is 14.5. The van der Waals surface area contributed by atoms with Crippen molar-refractivity contribution >= 4 is 16.7 Å². The molecule has 0 aliphatic heterocycles. The fourth-order valence-corrected chi connectivity index (χ4v) is 2.41. The Balaban J connectivity index is 2.27. The third kappa shape index (κ3) is 2.83. The minimum Gasteiger partial charge on any atom is -0.345 e. The Labute approximate surface area is 120 Å². The highest BCUT2D eigenvalue weighted by Crippen LogP contribution is 2.18. The zero-order chi connectivity index (χ0) is 14.6. The van der Waals surface area contributed by atoms with Crippen LogP contribution in [-0.4, -0.2) is 18.0 Å². The second-order valence-corrected chi connectivity index (χ2v) is 5.21. The fourth-order valence-electron chi connectivity index (χ4n) is 2.41. The van der Waals surface area contributed by atoms with Gasteiger partial charge in [-0.25, -0.2) is 0 Å². The molecule has 2 aromatic rings. The van der Waals surface area contributed by atoms with E-state index in [4.69, 9.17) is 5.73 Å². The second kappa shape index (κ2) is 6.06. The van der Waals surface area contributed by atoms with Crippen molar-refractivity contribution in [2.24, 2.45) is 5.73 Å². The van der Waals surface area contributed by atoms with Crippen LogP contribution in [0.5, 0.6) is 0 Å². The van der Waals surface area contributed by atoms with E-state index in [0.29, 0.717) is 12.1 Å². The van der Waals surface area contributed by atoms with Crippen molar-refractivity contribution in [2.45, 2.75) is 32.2 Å². The maximum atomic E-state index is 12.4. The number of rotatable bonds is 5. The predicted molar refractivity (Wildman–Crippen MR) is 83.8 cm³/mol. The lowest BCUT2D eigenvalue weighted by Gasteiger charge is -2.31. The molecule has 106 valence electrons. The van der Waals surface area contributed by atoms with Crippen molar-refractivity contribution in [2.75, 3.05) is 6.54 Å². The predicted octanol–water partition coefficient (Wildman–Crippen LogP) is 3.09. The molecule has 0 saturated heterocycles. The average molecular weight is 270 g/mol. The number of hydrogen-bond acceptors (Lipinski definition) is 2. The Morgan fingerprint density at radius 3 is 2.35 bits per heavy atom. The van der Waals surface area contributed by atoms with Crippen LogP contribution in [-0.2, 0) is 0 Å². The van der Waals surface area contributed by atoms with E-state index in [9.17, 15) is 4.79 Å². The standard InChI is InChI=1S/C17H22N2O/c1-3-17(4-2,12-18)19-16(20)15-10-9-13-7-5-6-8-14(13)11-15/h5-11H,3-4,12,18H2,1-2H3,(H,19,20). The second-order valence-electron chi connectivity index (χ2n) is 5.21. The highest BCUT2D eigenvalue weighted by atomic mass is 16.1. The number of amides is 1. The molecule has 20 heavy (non-hydrogen) atoms. The van der Waals surface area contributed by atoms with E-state index in [0.717, 1.165) is 23.6 Å². The summed E-state index contributed by atoms with van der Waals surface area (Å²) in [4.78, 5) is 12.4. The maximum absolute atomic E-state index is 12.4. The number of carbonyl (C=O) groups excluding carboxylic acids is 1. The molecule has 1 amide bonds. The van der Waals surface area contributed by atoms with Crippen LogP contribution in [0.2, 0.25) is 0 Å². The largest absolute Gasteiger partial charge is 0.345 e. The lowest BCUT2D eigenvalue weighted by atomic mass is 9.92. The topological polar surface area (TPSA) is 55.1 Å². The van der Waals surface area contributed by atoms with Gasteiger partial charge in [-0.1, -0.05) is 44.2 Å². The van der Waals surface area contributed by atoms with E-state index in [-0.39, 0.29) is 11.4 Å². The Bertz CT molecular complexity index is 594. The van der Waals surface area contributed by atoms with Crippen LogP contribution in [0.25, 0.3) is 10.8 Å². The highest BCUT2D eigenvalue weighted by molar-refractivity contribution is 5.98. The normalized spacial score (nSPS) is 11.6. The first-order valence-electron chi connectivity index (χ1n) is 7.15. The number of nitrogens with two attached hydrogens (primary N) is 1. The lowest BCUT2D eigenvalue weighted by Crippen LogP contribution is -2.52. The number of benzene rings is 2. The molecule has 0 spiro atoms. The first-order valence-corrected chi connectivity index (χ1v) is 7.15. The van der Waals surface area contributed by atoms with Crippen molar-refractivity contribution in [3.63, 3.8) is 0 Å². The van der Waals surface area contributed by atoms with Gasteiger partial charge in [0.05, 0.1) is 5.54 Å². The molecule has 0 fully saturated rings. The molecule has 0 heterocycles. The minimum absolute atomic E-state index is 0.0510. The molecule has 2 aromatic carbocycles. The van der Waals surface area contributed by atoms with E-state index in [1.165, 1.54) is 0 Å². The van der Waals surface area contributed by atoms with E-state index >= 15 is 0 Å². The Morgan fingerprint density at radius 2 is 1.75 bits per heavy atom. The van der Waals surface area contributed by atoms with Gasteiger partial charge in [0.15, 0.2) is 0 Å². The van der Waals surface area contributed by atoms with Crippen LogP contribution in [0, 0.1) is 0 Å². The number of hydrogen-bond donors (Lipinski definition) is 2. The lowest BCUT2D eigenvalue weighted by molar-refractivity contribution is 0.0895. The molecule has 0 unspecified atom stereocenters. The summed E-state index contributed by atoms with van der Waals surface area (Å²) in [6.45, 7) is 4.56. The van der Waals surface area contributed by atoms with E-state index in [2.05, 4.69) is 19.2 Å². The van der Waals surface area contributed by atoms with Gasteiger partial charge in [0.2, 0.25) is 0 Å². The Morgan fingerprint density at radius 1 is 1.10 bits per heavy atom. The molecule has 0 aliphatic carbocycles. The fraction of sp³-hybridized carbons (Fsp3) is 0.353. The van der Waals surface area contributed by atoms with Gasteiger partial charge in [-0.05, 0) is 35.7 Å². The molecule has 3 heteroatoms. The minimum atomic E-state index is -0.303. The zero-order valence-electron chi connectivity index (χ0n) is 12.1. The van der Waals surface area contributed by atoms with Gasteiger partial charge in [-0.3, -0.25) is 4.79 Å². The molecule has 0 bridgehead atoms. The Kier molecular flexibility index (Phi) is 4.40. The van der Waals surface area contributed by atoms with Crippen LogP contribution in [0.3, 0.4) is 0 Å². The molecule has 3 nitrogen and oxygen atoms in total. The van der Waals surface area contributed by atoms with E-state index in [1.54, 1.807) is 0 Å². The molecule has 0 radical (unpaired) electrons. The van der Waals surface area contributed by atoms with Crippen molar-refractivity contribution in [3.05, 3.63) is 48.0 Å². The summed E-state index contributed by atoms with van der Waals surface area (Å²) in [5, 5.41) is 5.31. The average Bonchev–Trinajstić information content (AvgIpc) is 2.52. The van der Waals surface area contributed by atoms with Gasteiger partial charge >= 0.3 is 0 Å². The molecule has 0 aliphatic rings. The van der Waals surface area contributed by atoms with Crippen molar-refractivity contribution in [3.8, 4) is 0 Å². The Hall–Kier alpha value is -1.87. The SMILES string of the molecule is CCC(CC)(CN)NC(=O)c1ccc2ccccc2c1. The zero-order valence-corrected chi connectivity index (χ0v) is 12.1. The monoisotopic (exact) mass is 270 g/mol. The summed E-state index contributed by atoms with van der Waals surface area (Å²) in [5.41, 5.74) is 6.21. The van der Waals surface area contributed by atoms with Gasteiger partial charge in [-0.2, -0.15) is 0 Å². The summed E-state index contributed by atoms with van der Waals surface area (Å²) < 4.78 is 0. The summed E-state index contributed by atoms with van der Waals surface area (Å²) in [6.07, 6.45) is 1.67. The maximum Gasteiger partial charge on any atom is 0.251 e. The first-order chi connectivity index (χ1) is 9.64. The summed E-state index contributed by atoms with van der Waals surface area (Å²) in [5.74, 6) is -0.0510. The molecule has 3 N–H and O–H groups in total. The van der Waals surface area contributed by atoms with Crippen LogP contribution >= 0.6 is 0 Å². The van der Waals surface area contributed by atoms with Crippen molar-refractivity contribution < 1.29 is 4.79 Å². The smallest absolute Gasteiger partial charge is 0.251 e. The van der Waals surface area contributed by atoms with Crippen LogP contribution < -0.4 is 11.1 Å². The van der Waals surface area contributed by atoms with Gasteiger partial charge in [0, 0.05) is 12.1 Å². The summed E-state index contributed by atoms with van der Waals surface area (Å²) in [6, 6.07) is 13.8. The number of fused-ring (bicyclic) bond motifs is 1. The highest BCUT2D eigenvalue weighted by Gasteiger charge is 2.26. The third-order valence-corrected chi connectivity index (χ3v) is 4.13. The van der Waals surface area contributed by atoms with Crippen molar-refractivity contribution in [1.29, 1.82) is 0 Å². The van der Waals surface area contributed by atoms with Crippen LogP contribution in [0.15, 0.2) is 42.5 Å². The quantitative estimate of drug-likeness (QED) is 0.877. The van der Waals surface area contributed by atoms with E-state index < -0.39 is 0 Å². The molecular formula is C17H22N2O. The van der Waals surface area contributed by atoms with Crippen molar-refractivity contribution in [1.82, 2.24) is 5.32 Å². The summed E-state index contributed by atoms with van der Waals surface area (Å²) >= 11 is 0. The third-order valence-electron chi connectivity index (χ3n) is 4.13. The van der Waals surface area contributed by atoms with Gasteiger partial charge in [0.1, 0.15) is 0 Å². The van der Waals surface area contributed by atoms with Crippen LogP contribution in [0.1, 0.15) is 37.0 Å². The number of carbonyl (C=O) groups is 1. The molecule has 2 rings (SSSR count). The van der Waals surface area contributed by atoms with Gasteiger partial charge in [-0.15, -0.1) is 0 Å². The molecule has 0 saturated carbocycles. The molecular weight excluding hydrogens is 248 g/mol. The van der Waals surface area contributed by atoms with Gasteiger partial charge in [0.25, 0.3) is 5.91 Å².